The summed E-state index contributed by atoms with van der Waals surface area (Å²) in [6.45, 7) is 5.62. The van der Waals surface area contributed by atoms with Crippen molar-refractivity contribution in [3.05, 3.63) is 72.3 Å². The molecule has 0 bridgehead atoms. The standard InChI is InChI=1S/C22H26N2O3/c1-17(18-11-13-21(27-3)14-12-18)24(22(25)19-8-5-4-6-9-19)23-15-7-10-20(23)16-26-2/h4-6,8-9,11-14,20H,1,7,10,15-16H2,2-3H3/t20-/m0/s1. The summed E-state index contributed by atoms with van der Waals surface area (Å²) >= 11 is 0. The number of ether oxygens (including phenoxy) is 2. The van der Waals surface area contributed by atoms with Crippen LogP contribution in [0.5, 0.6) is 5.75 Å². The van der Waals surface area contributed by atoms with Gasteiger partial charge in [0.25, 0.3) is 5.91 Å². The molecule has 1 atom stereocenters. The van der Waals surface area contributed by atoms with Crippen molar-refractivity contribution in [1.29, 1.82) is 0 Å². The molecular formula is C22H26N2O3. The van der Waals surface area contributed by atoms with Crippen molar-refractivity contribution in [3.8, 4) is 5.75 Å². The normalized spacial score (nSPS) is 16.9. The van der Waals surface area contributed by atoms with Gasteiger partial charge in [-0.25, -0.2) is 10.0 Å². The van der Waals surface area contributed by atoms with E-state index in [1.807, 2.05) is 54.6 Å². The fourth-order valence-electron chi connectivity index (χ4n) is 3.45. The highest BCUT2D eigenvalue weighted by Gasteiger charge is 2.34. The maximum Gasteiger partial charge on any atom is 0.272 e. The molecule has 1 fully saturated rings. The predicted molar refractivity (Wildman–Crippen MR) is 106 cm³/mol. The van der Waals surface area contributed by atoms with Crippen LogP contribution in [0.15, 0.2) is 61.2 Å². The van der Waals surface area contributed by atoms with Gasteiger partial charge >= 0.3 is 0 Å². The Kier molecular flexibility index (Phi) is 6.27. The Morgan fingerprint density at radius 3 is 2.44 bits per heavy atom. The van der Waals surface area contributed by atoms with Crippen molar-refractivity contribution < 1.29 is 14.3 Å². The average Bonchev–Trinajstić information content (AvgIpc) is 3.17. The summed E-state index contributed by atoms with van der Waals surface area (Å²) < 4.78 is 10.6. The molecule has 2 aromatic rings. The molecule has 0 aromatic heterocycles. The lowest BCUT2D eigenvalue weighted by molar-refractivity contribution is -0.00236. The van der Waals surface area contributed by atoms with Crippen LogP contribution in [0.2, 0.25) is 0 Å². The molecule has 3 rings (SSSR count). The second-order valence-electron chi connectivity index (χ2n) is 6.57. The maximum atomic E-state index is 13.4. The first-order valence-electron chi connectivity index (χ1n) is 9.14. The molecule has 1 aliphatic heterocycles. The number of hydrogen-bond acceptors (Lipinski definition) is 4. The van der Waals surface area contributed by atoms with E-state index >= 15 is 0 Å². The molecule has 0 radical (unpaired) electrons. The Morgan fingerprint density at radius 1 is 1.11 bits per heavy atom. The Labute approximate surface area is 160 Å². The van der Waals surface area contributed by atoms with Crippen molar-refractivity contribution in [1.82, 2.24) is 10.0 Å². The number of carbonyl (C=O) groups excluding carboxylic acids is 1. The van der Waals surface area contributed by atoms with Crippen LogP contribution in [-0.2, 0) is 4.74 Å². The third-order valence-electron chi connectivity index (χ3n) is 4.85. The van der Waals surface area contributed by atoms with Gasteiger partial charge in [-0.15, -0.1) is 0 Å². The predicted octanol–water partition coefficient (Wildman–Crippen LogP) is 3.83. The lowest BCUT2D eigenvalue weighted by atomic mass is 10.1. The maximum absolute atomic E-state index is 13.4. The molecule has 0 saturated carbocycles. The largest absolute Gasteiger partial charge is 0.497 e. The fourth-order valence-corrected chi connectivity index (χ4v) is 3.45. The van der Waals surface area contributed by atoms with Crippen LogP contribution in [0.3, 0.4) is 0 Å². The van der Waals surface area contributed by atoms with Gasteiger partial charge in [0.2, 0.25) is 0 Å². The van der Waals surface area contributed by atoms with E-state index in [0.29, 0.717) is 17.9 Å². The molecule has 5 heteroatoms. The minimum Gasteiger partial charge on any atom is -0.497 e. The van der Waals surface area contributed by atoms with E-state index in [0.717, 1.165) is 30.7 Å². The SMILES string of the molecule is C=C(c1ccc(OC)cc1)N(C(=O)c1ccccc1)N1CCC[C@H]1COC. The quantitative estimate of drug-likeness (QED) is 0.747. The number of amides is 1. The van der Waals surface area contributed by atoms with E-state index in [1.54, 1.807) is 19.2 Å². The molecule has 1 saturated heterocycles. The minimum atomic E-state index is -0.0839. The third-order valence-corrected chi connectivity index (χ3v) is 4.85. The van der Waals surface area contributed by atoms with E-state index in [9.17, 15) is 4.79 Å². The highest BCUT2D eigenvalue weighted by Crippen LogP contribution is 2.29. The first-order chi connectivity index (χ1) is 13.2. The number of rotatable bonds is 7. The van der Waals surface area contributed by atoms with Gasteiger partial charge in [0.15, 0.2) is 0 Å². The molecule has 5 nitrogen and oxygen atoms in total. The third kappa shape index (κ3) is 4.21. The molecular weight excluding hydrogens is 340 g/mol. The summed E-state index contributed by atoms with van der Waals surface area (Å²) in [5.41, 5.74) is 2.16. The van der Waals surface area contributed by atoms with Crippen LogP contribution in [0.1, 0.15) is 28.8 Å². The van der Waals surface area contributed by atoms with Gasteiger partial charge in [-0.2, -0.15) is 0 Å². The molecule has 1 amide bonds. The highest BCUT2D eigenvalue weighted by molar-refractivity contribution is 5.99. The molecule has 2 aromatic carbocycles. The molecule has 142 valence electrons. The number of nitrogens with zero attached hydrogens (tertiary/aromatic N) is 2. The zero-order chi connectivity index (χ0) is 19.2. The molecule has 0 N–H and O–H groups in total. The van der Waals surface area contributed by atoms with E-state index in [4.69, 9.17) is 9.47 Å². The molecule has 0 unspecified atom stereocenters. The molecule has 0 aliphatic carbocycles. The Bertz CT molecular complexity index is 774. The summed E-state index contributed by atoms with van der Waals surface area (Å²) in [4.78, 5) is 13.4. The van der Waals surface area contributed by atoms with E-state index in [1.165, 1.54) is 0 Å². The van der Waals surface area contributed by atoms with Crippen LogP contribution >= 0.6 is 0 Å². The Hall–Kier alpha value is -2.63. The van der Waals surface area contributed by atoms with Crippen LogP contribution < -0.4 is 4.74 Å². The van der Waals surface area contributed by atoms with Gasteiger partial charge in [-0.1, -0.05) is 24.8 Å². The van der Waals surface area contributed by atoms with Gasteiger partial charge in [0, 0.05) is 19.2 Å². The summed E-state index contributed by atoms with van der Waals surface area (Å²) in [6.07, 6.45) is 2.00. The monoisotopic (exact) mass is 366 g/mol. The van der Waals surface area contributed by atoms with Gasteiger partial charge < -0.3 is 9.47 Å². The smallest absolute Gasteiger partial charge is 0.272 e. The Balaban J connectivity index is 1.95. The average molecular weight is 366 g/mol. The fraction of sp³-hybridized carbons (Fsp3) is 0.318. The van der Waals surface area contributed by atoms with Crippen molar-refractivity contribution in [2.24, 2.45) is 0 Å². The first-order valence-corrected chi connectivity index (χ1v) is 9.14. The van der Waals surface area contributed by atoms with Crippen molar-refractivity contribution in [2.75, 3.05) is 27.4 Å². The van der Waals surface area contributed by atoms with Gasteiger partial charge in [-0.05, 0) is 54.8 Å². The molecule has 0 spiro atoms. The Morgan fingerprint density at radius 2 is 1.81 bits per heavy atom. The molecule has 27 heavy (non-hydrogen) atoms. The van der Waals surface area contributed by atoms with Gasteiger partial charge in [0.1, 0.15) is 5.75 Å². The number of methoxy groups -OCH3 is 2. The molecule has 1 heterocycles. The zero-order valence-electron chi connectivity index (χ0n) is 15.9. The lowest BCUT2D eigenvalue weighted by Gasteiger charge is -2.37. The topological polar surface area (TPSA) is 42.0 Å². The first kappa shape index (κ1) is 19.1. The number of hydrazine groups is 1. The molecule has 1 aliphatic rings. The van der Waals surface area contributed by atoms with Crippen molar-refractivity contribution in [2.45, 2.75) is 18.9 Å². The summed E-state index contributed by atoms with van der Waals surface area (Å²) in [6, 6.07) is 17.1. The number of benzene rings is 2. The summed E-state index contributed by atoms with van der Waals surface area (Å²) in [5.74, 6) is 0.685. The van der Waals surface area contributed by atoms with Crippen molar-refractivity contribution in [3.63, 3.8) is 0 Å². The number of hydrogen-bond donors (Lipinski definition) is 0. The van der Waals surface area contributed by atoms with E-state index in [-0.39, 0.29) is 11.9 Å². The minimum absolute atomic E-state index is 0.0839. The van der Waals surface area contributed by atoms with Crippen LogP contribution in [0, 0.1) is 0 Å². The summed E-state index contributed by atoms with van der Waals surface area (Å²) in [5, 5.41) is 3.80. The van der Waals surface area contributed by atoms with Gasteiger partial charge in [-0.3, -0.25) is 4.79 Å². The van der Waals surface area contributed by atoms with Crippen LogP contribution in [0.4, 0.5) is 0 Å². The van der Waals surface area contributed by atoms with Gasteiger partial charge in [0.05, 0.1) is 25.5 Å². The summed E-state index contributed by atoms with van der Waals surface area (Å²) in [7, 11) is 3.33. The number of carbonyl (C=O) groups is 1. The van der Waals surface area contributed by atoms with E-state index in [2.05, 4.69) is 11.6 Å². The van der Waals surface area contributed by atoms with Crippen LogP contribution in [0.25, 0.3) is 5.70 Å². The highest BCUT2D eigenvalue weighted by atomic mass is 16.5. The van der Waals surface area contributed by atoms with E-state index < -0.39 is 0 Å². The second-order valence-corrected chi connectivity index (χ2v) is 6.57. The second kappa shape index (κ2) is 8.84. The van der Waals surface area contributed by atoms with Crippen molar-refractivity contribution >= 4 is 11.6 Å². The van der Waals surface area contributed by atoms with Crippen LogP contribution in [-0.4, -0.2) is 49.3 Å². The lowest BCUT2D eigenvalue weighted by Crippen LogP contribution is -2.49. The zero-order valence-corrected chi connectivity index (χ0v) is 15.9.